The number of pyridine rings is 1. The Balaban J connectivity index is 2.03. The summed E-state index contributed by atoms with van der Waals surface area (Å²) in [5.74, 6) is 1.61. The summed E-state index contributed by atoms with van der Waals surface area (Å²) in [6.07, 6.45) is 5.60. The molecule has 18 heavy (non-hydrogen) atoms. The summed E-state index contributed by atoms with van der Waals surface area (Å²) < 4.78 is 5.36. The molecule has 0 atom stereocenters. The molecule has 98 valence electrons. The number of nitrogens with zero attached hydrogens (tertiary/aromatic N) is 1. The predicted molar refractivity (Wildman–Crippen MR) is 76.2 cm³/mol. The molecule has 0 bridgehead atoms. The van der Waals surface area contributed by atoms with E-state index in [1.807, 2.05) is 12.1 Å². The van der Waals surface area contributed by atoms with Gasteiger partial charge in [0.05, 0.1) is 11.6 Å². The van der Waals surface area contributed by atoms with Gasteiger partial charge in [0.25, 0.3) is 0 Å². The van der Waals surface area contributed by atoms with Gasteiger partial charge in [0.15, 0.2) is 0 Å². The maximum absolute atomic E-state index is 5.74. The van der Waals surface area contributed by atoms with Crippen molar-refractivity contribution in [2.24, 2.45) is 5.41 Å². The fourth-order valence-electron chi connectivity index (χ4n) is 1.99. The number of furan rings is 1. The SMILES string of the molecule is CC(C)(CCCCl)CNc1nccc2occc12. The van der Waals surface area contributed by atoms with Gasteiger partial charge >= 0.3 is 0 Å². The topological polar surface area (TPSA) is 38.1 Å². The van der Waals surface area contributed by atoms with E-state index in [-0.39, 0.29) is 5.41 Å². The van der Waals surface area contributed by atoms with Crippen LogP contribution in [0.5, 0.6) is 0 Å². The zero-order valence-electron chi connectivity index (χ0n) is 10.9. The Labute approximate surface area is 113 Å². The molecule has 2 aromatic rings. The second-order valence-electron chi connectivity index (χ2n) is 5.30. The van der Waals surface area contributed by atoms with E-state index in [2.05, 4.69) is 24.1 Å². The molecule has 2 heterocycles. The van der Waals surface area contributed by atoms with E-state index < -0.39 is 0 Å². The van der Waals surface area contributed by atoms with Crippen molar-refractivity contribution < 1.29 is 4.42 Å². The average molecular weight is 267 g/mol. The van der Waals surface area contributed by atoms with Crippen molar-refractivity contribution in [3.8, 4) is 0 Å². The maximum Gasteiger partial charge on any atom is 0.139 e. The van der Waals surface area contributed by atoms with Crippen LogP contribution in [0.25, 0.3) is 11.0 Å². The lowest BCUT2D eigenvalue weighted by Crippen LogP contribution is -2.23. The molecule has 0 amide bonds. The van der Waals surface area contributed by atoms with Crippen LogP contribution < -0.4 is 5.32 Å². The molecule has 0 aliphatic heterocycles. The molecule has 3 nitrogen and oxygen atoms in total. The van der Waals surface area contributed by atoms with Gasteiger partial charge < -0.3 is 9.73 Å². The van der Waals surface area contributed by atoms with Crippen LogP contribution in [0, 0.1) is 5.41 Å². The predicted octanol–water partition coefficient (Wildman–Crippen LogP) is 4.28. The lowest BCUT2D eigenvalue weighted by molar-refractivity contribution is 0.355. The number of hydrogen-bond acceptors (Lipinski definition) is 3. The van der Waals surface area contributed by atoms with E-state index in [4.69, 9.17) is 16.0 Å². The molecule has 0 aliphatic carbocycles. The number of fused-ring (bicyclic) bond motifs is 1. The number of rotatable bonds is 6. The largest absolute Gasteiger partial charge is 0.464 e. The van der Waals surface area contributed by atoms with E-state index in [0.717, 1.165) is 42.1 Å². The van der Waals surface area contributed by atoms with Gasteiger partial charge in [-0.3, -0.25) is 0 Å². The highest BCUT2D eigenvalue weighted by Gasteiger charge is 2.17. The highest BCUT2D eigenvalue weighted by atomic mass is 35.5. The van der Waals surface area contributed by atoms with Gasteiger partial charge in [0.2, 0.25) is 0 Å². The monoisotopic (exact) mass is 266 g/mol. The van der Waals surface area contributed by atoms with Crippen LogP contribution in [-0.2, 0) is 0 Å². The van der Waals surface area contributed by atoms with Crippen LogP contribution in [0.1, 0.15) is 26.7 Å². The summed E-state index contributed by atoms with van der Waals surface area (Å²) in [6.45, 7) is 5.35. The number of alkyl halides is 1. The summed E-state index contributed by atoms with van der Waals surface area (Å²) in [7, 11) is 0. The fourth-order valence-corrected chi connectivity index (χ4v) is 2.13. The van der Waals surface area contributed by atoms with Gasteiger partial charge in [-0.15, -0.1) is 11.6 Å². The van der Waals surface area contributed by atoms with E-state index in [0.29, 0.717) is 0 Å². The summed E-state index contributed by atoms with van der Waals surface area (Å²) in [4.78, 5) is 4.37. The molecular formula is C14H19ClN2O. The van der Waals surface area contributed by atoms with Crippen molar-refractivity contribution in [3.63, 3.8) is 0 Å². The Morgan fingerprint density at radius 2 is 2.22 bits per heavy atom. The molecule has 0 unspecified atom stereocenters. The molecule has 0 fully saturated rings. The van der Waals surface area contributed by atoms with Crippen molar-refractivity contribution in [2.75, 3.05) is 17.7 Å². The summed E-state index contributed by atoms with van der Waals surface area (Å²) >= 11 is 5.74. The first-order valence-corrected chi connectivity index (χ1v) is 6.78. The van der Waals surface area contributed by atoms with Gasteiger partial charge in [0.1, 0.15) is 11.4 Å². The molecule has 0 saturated carbocycles. The van der Waals surface area contributed by atoms with Crippen molar-refractivity contribution in [1.29, 1.82) is 0 Å². The Morgan fingerprint density at radius 1 is 1.39 bits per heavy atom. The summed E-state index contributed by atoms with van der Waals surface area (Å²) in [5.41, 5.74) is 1.08. The number of nitrogens with one attached hydrogen (secondary N) is 1. The minimum absolute atomic E-state index is 0.211. The second kappa shape index (κ2) is 5.61. The lowest BCUT2D eigenvalue weighted by Gasteiger charge is -2.25. The standard InChI is InChI=1S/C14H19ClN2O/c1-14(2,6-3-7-15)10-17-13-11-5-9-18-12(11)4-8-16-13/h4-5,8-9H,3,6-7,10H2,1-2H3,(H,16,17). The molecule has 1 N–H and O–H groups in total. The van der Waals surface area contributed by atoms with Gasteiger partial charge in [-0.05, 0) is 30.4 Å². The molecular weight excluding hydrogens is 248 g/mol. The normalized spacial score (nSPS) is 11.9. The van der Waals surface area contributed by atoms with Crippen molar-refractivity contribution in [2.45, 2.75) is 26.7 Å². The Hall–Kier alpha value is -1.22. The fraction of sp³-hybridized carbons (Fsp3) is 0.500. The third kappa shape index (κ3) is 3.16. The minimum atomic E-state index is 0.211. The quantitative estimate of drug-likeness (QED) is 0.793. The van der Waals surface area contributed by atoms with E-state index in [1.54, 1.807) is 12.5 Å². The van der Waals surface area contributed by atoms with E-state index >= 15 is 0 Å². The molecule has 2 aromatic heterocycles. The molecule has 0 radical (unpaired) electrons. The maximum atomic E-state index is 5.74. The Morgan fingerprint density at radius 3 is 3.00 bits per heavy atom. The van der Waals surface area contributed by atoms with Gasteiger partial charge in [-0.25, -0.2) is 4.98 Å². The van der Waals surface area contributed by atoms with Crippen LogP contribution in [-0.4, -0.2) is 17.4 Å². The van der Waals surface area contributed by atoms with Crippen molar-refractivity contribution >= 4 is 28.4 Å². The summed E-state index contributed by atoms with van der Waals surface area (Å²) in [5, 5.41) is 4.44. The minimum Gasteiger partial charge on any atom is -0.464 e. The third-order valence-corrected chi connectivity index (χ3v) is 3.37. The molecule has 0 saturated heterocycles. The Kier molecular flexibility index (Phi) is 4.12. The van der Waals surface area contributed by atoms with Gasteiger partial charge in [-0.2, -0.15) is 0 Å². The smallest absolute Gasteiger partial charge is 0.139 e. The van der Waals surface area contributed by atoms with Crippen molar-refractivity contribution in [3.05, 3.63) is 24.6 Å². The lowest BCUT2D eigenvalue weighted by atomic mass is 9.88. The Bertz CT molecular complexity index is 507. The highest BCUT2D eigenvalue weighted by Crippen LogP contribution is 2.26. The third-order valence-electron chi connectivity index (χ3n) is 3.10. The van der Waals surface area contributed by atoms with Crippen molar-refractivity contribution in [1.82, 2.24) is 4.98 Å². The van der Waals surface area contributed by atoms with E-state index in [1.165, 1.54) is 0 Å². The highest BCUT2D eigenvalue weighted by molar-refractivity contribution is 6.17. The number of aromatic nitrogens is 1. The van der Waals surface area contributed by atoms with Crippen LogP contribution in [0.15, 0.2) is 29.0 Å². The van der Waals surface area contributed by atoms with Crippen LogP contribution >= 0.6 is 11.6 Å². The van der Waals surface area contributed by atoms with Gasteiger partial charge in [-0.1, -0.05) is 13.8 Å². The summed E-state index contributed by atoms with van der Waals surface area (Å²) in [6, 6.07) is 3.82. The van der Waals surface area contributed by atoms with Crippen LogP contribution in [0.2, 0.25) is 0 Å². The number of hydrogen-bond donors (Lipinski definition) is 1. The number of anilines is 1. The van der Waals surface area contributed by atoms with E-state index in [9.17, 15) is 0 Å². The molecule has 0 aliphatic rings. The second-order valence-corrected chi connectivity index (χ2v) is 5.68. The zero-order chi connectivity index (χ0) is 13.0. The van der Waals surface area contributed by atoms with Crippen LogP contribution in [0.3, 0.4) is 0 Å². The molecule has 4 heteroatoms. The zero-order valence-corrected chi connectivity index (χ0v) is 11.6. The first kappa shape index (κ1) is 13.2. The van der Waals surface area contributed by atoms with Gasteiger partial charge in [0, 0.05) is 18.6 Å². The first-order chi connectivity index (χ1) is 8.62. The molecule has 0 spiro atoms. The number of halogens is 1. The van der Waals surface area contributed by atoms with Crippen LogP contribution in [0.4, 0.5) is 5.82 Å². The average Bonchev–Trinajstić information content (AvgIpc) is 2.82. The molecule has 2 rings (SSSR count). The first-order valence-electron chi connectivity index (χ1n) is 6.24. The molecule has 0 aromatic carbocycles.